The van der Waals surface area contributed by atoms with Crippen LogP contribution in [0.1, 0.15) is 46.3 Å². The van der Waals surface area contributed by atoms with Crippen molar-refractivity contribution in [3.63, 3.8) is 0 Å². The summed E-state index contributed by atoms with van der Waals surface area (Å²) in [6.07, 6.45) is 5.23. The van der Waals surface area contributed by atoms with E-state index in [1.54, 1.807) is 11.3 Å². The normalized spacial score (nSPS) is 15.7. The molecule has 6 nitrogen and oxygen atoms in total. The number of benzene rings is 2. The van der Waals surface area contributed by atoms with Crippen molar-refractivity contribution in [2.45, 2.75) is 38.5 Å². The van der Waals surface area contributed by atoms with Gasteiger partial charge in [-0.25, -0.2) is 15.0 Å². The molecule has 0 bridgehead atoms. The molecule has 1 aliphatic heterocycles. The van der Waals surface area contributed by atoms with Crippen LogP contribution < -0.4 is 5.32 Å². The molecule has 0 spiro atoms. The second-order valence-electron chi connectivity index (χ2n) is 8.99. The van der Waals surface area contributed by atoms with Crippen molar-refractivity contribution in [2.24, 2.45) is 0 Å². The zero-order valence-corrected chi connectivity index (χ0v) is 20.7. The molecule has 35 heavy (non-hydrogen) atoms. The Labute approximate surface area is 210 Å². The van der Waals surface area contributed by atoms with Crippen LogP contribution in [0, 0.1) is 6.92 Å². The Morgan fingerprint density at radius 3 is 2.57 bits per heavy atom. The molecule has 3 heterocycles. The van der Waals surface area contributed by atoms with E-state index >= 15 is 0 Å². The molecule has 1 aliphatic rings. The fraction of sp³-hybridized carbons (Fsp3) is 0.286. The first kappa shape index (κ1) is 23.2. The maximum Gasteiger partial charge on any atom is 0.227 e. The summed E-state index contributed by atoms with van der Waals surface area (Å²) in [6, 6.07) is 22.4. The maximum atomic E-state index is 12.9. The Kier molecular flexibility index (Phi) is 7.14. The Morgan fingerprint density at radius 2 is 1.80 bits per heavy atom. The minimum absolute atomic E-state index is 0.179. The second kappa shape index (κ2) is 10.8. The van der Waals surface area contributed by atoms with Gasteiger partial charge in [0.1, 0.15) is 11.6 Å². The first-order chi connectivity index (χ1) is 17.1. The molecule has 178 valence electrons. The molecule has 7 heteroatoms. The fourth-order valence-corrected chi connectivity index (χ4v) is 5.40. The van der Waals surface area contributed by atoms with Gasteiger partial charge in [-0.15, -0.1) is 11.3 Å². The van der Waals surface area contributed by atoms with Crippen molar-refractivity contribution in [1.29, 1.82) is 0 Å². The summed E-state index contributed by atoms with van der Waals surface area (Å²) in [7, 11) is 0. The summed E-state index contributed by atoms with van der Waals surface area (Å²) in [6.45, 7) is 3.42. The zero-order valence-electron chi connectivity index (χ0n) is 19.9. The molecule has 1 saturated heterocycles. The second-order valence-corrected chi connectivity index (χ2v) is 10.1. The number of anilines is 2. The van der Waals surface area contributed by atoms with Gasteiger partial charge >= 0.3 is 0 Å². The molecule has 2 aromatic heterocycles. The number of aromatic nitrogens is 3. The third kappa shape index (κ3) is 6.11. The first-order valence-corrected chi connectivity index (χ1v) is 12.9. The van der Waals surface area contributed by atoms with Crippen LogP contribution in [-0.4, -0.2) is 38.8 Å². The third-order valence-electron chi connectivity index (χ3n) is 6.26. The number of nitrogens with one attached hydrogen (secondary N) is 1. The van der Waals surface area contributed by atoms with E-state index in [0.717, 1.165) is 53.8 Å². The van der Waals surface area contributed by atoms with Gasteiger partial charge in [0.05, 0.1) is 12.1 Å². The van der Waals surface area contributed by atoms with Gasteiger partial charge in [0, 0.05) is 42.6 Å². The molecule has 5 rings (SSSR count). The lowest BCUT2D eigenvalue weighted by Gasteiger charge is -2.32. The van der Waals surface area contributed by atoms with Crippen molar-refractivity contribution >= 4 is 28.2 Å². The monoisotopic (exact) mass is 483 g/mol. The van der Waals surface area contributed by atoms with Crippen LogP contribution >= 0.6 is 11.3 Å². The number of aryl methyl sites for hydroxylation is 1. The summed E-state index contributed by atoms with van der Waals surface area (Å²) >= 11 is 1.64. The van der Waals surface area contributed by atoms with Crippen LogP contribution in [-0.2, 0) is 17.6 Å². The van der Waals surface area contributed by atoms with Crippen molar-refractivity contribution in [1.82, 2.24) is 19.9 Å². The van der Waals surface area contributed by atoms with E-state index in [0.29, 0.717) is 13.0 Å². The summed E-state index contributed by atoms with van der Waals surface area (Å²) in [5.41, 5.74) is 3.31. The lowest BCUT2D eigenvalue weighted by atomic mass is 9.94. The molecule has 0 aliphatic carbocycles. The first-order valence-electron chi connectivity index (χ1n) is 12.1. The Bertz CT molecular complexity index is 1280. The number of likely N-dealkylation sites (tertiary alicyclic amines) is 1. The van der Waals surface area contributed by atoms with Crippen LogP contribution in [0.15, 0.2) is 72.9 Å². The fourth-order valence-electron chi connectivity index (χ4n) is 4.54. The van der Waals surface area contributed by atoms with Crippen LogP contribution in [0.4, 0.5) is 10.9 Å². The lowest BCUT2D eigenvalue weighted by molar-refractivity contribution is -0.131. The van der Waals surface area contributed by atoms with Gasteiger partial charge < -0.3 is 10.2 Å². The maximum absolute atomic E-state index is 12.9. The third-order valence-corrected chi connectivity index (χ3v) is 7.17. The Morgan fingerprint density at radius 1 is 1.06 bits per heavy atom. The number of rotatable bonds is 7. The Balaban J connectivity index is 1.25. The predicted octanol–water partition coefficient (Wildman–Crippen LogP) is 5.52. The van der Waals surface area contributed by atoms with Crippen LogP contribution in [0.2, 0.25) is 0 Å². The van der Waals surface area contributed by atoms with Crippen LogP contribution in [0.3, 0.4) is 0 Å². The smallest absolute Gasteiger partial charge is 0.227 e. The van der Waals surface area contributed by atoms with E-state index in [-0.39, 0.29) is 11.8 Å². The van der Waals surface area contributed by atoms with Crippen molar-refractivity contribution < 1.29 is 4.79 Å². The summed E-state index contributed by atoms with van der Waals surface area (Å²) in [4.78, 5) is 30.0. The molecule has 1 amide bonds. The average Bonchev–Trinajstić information content (AvgIpc) is 3.31. The van der Waals surface area contributed by atoms with E-state index in [1.807, 2.05) is 60.5 Å². The van der Waals surface area contributed by atoms with Gasteiger partial charge in [-0.1, -0.05) is 60.7 Å². The van der Waals surface area contributed by atoms with Crippen LogP contribution in [0.5, 0.6) is 0 Å². The Hall–Kier alpha value is -3.58. The summed E-state index contributed by atoms with van der Waals surface area (Å²) in [5.74, 6) is 1.86. The van der Waals surface area contributed by atoms with Crippen molar-refractivity contribution in [3.8, 4) is 0 Å². The average molecular weight is 484 g/mol. The van der Waals surface area contributed by atoms with Gasteiger partial charge in [-0.3, -0.25) is 4.79 Å². The quantitative estimate of drug-likeness (QED) is 0.375. The summed E-state index contributed by atoms with van der Waals surface area (Å²) in [5, 5.41) is 4.20. The molecule has 1 atom stereocenters. The number of amides is 1. The largest absolute Gasteiger partial charge is 0.342 e. The predicted molar refractivity (Wildman–Crippen MR) is 140 cm³/mol. The highest BCUT2D eigenvalue weighted by Gasteiger charge is 2.26. The SMILES string of the molecule is Cc1nc(Nc2ncc(Cc3ccccc3)s2)cc([C@@H]2CCCN(C(=O)Cc3ccccc3)C2)n1. The number of hydrogen-bond acceptors (Lipinski definition) is 6. The highest BCUT2D eigenvalue weighted by Crippen LogP contribution is 2.29. The van der Waals surface area contributed by atoms with Gasteiger partial charge in [-0.2, -0.15) is 0 Å². The molecule has 0 saturated carbocycles. The van der Waals surface area contributed by atoms with Crippen LogP contribution in [0.25, 0.3) is 0 Å². The van der Waals surface area contributed by atoms with E-state index in [9.17, 15) is 4.79 Å². The molecule has 1 N–H and O–H groups in total. The number of nitrogens with zero attached hydrogens (tertiary/aromatic N) is 4. The number of thiazole rings is 1. The number of carbonyl (C=O) groups is 1. The topological polar surface area (TPSA) is 71.0 Å². The number of hydrogen-bond donors (Lipinski definition) is 1. The molecule has 2 aromatic carbocycles. The molecular weight excluding hydrogens is 454 g/mol. The van der Waals surface area contributed by atoms with Gasteiger partial charge in [0.25, 0.3) is 0 Å². The lowest BCUT2D eigenvalue weighted by Crippen LogP contribution is -2.40. The highest BCUT2D eigenvalue weighted by atomic mass is 32.1. The number of piperidine rings is 1. The van der Waals surface area contributed by atoms with E-state index < -0.39 is 0 Å². The standard InChI is InChI=1S/C28H29N5OS/c1-20-30-25(23-13-8-14-33(19-23)27(34)16-22-11-6-3-7-12-22)17-26(31-20)32-28-29-18-24(35-28)15-21-9-4-2-5-10-21/h2-7,9-12,17-18,23H,8,13-16,19H2,1H3,(H,29,30,31,32)/t23-/m1/s1. The molecule has 1 fully saturated rings. The van der Waals surface area contributed by atoms with Gasteiger partial charge in [0.15, 0.2) is 5.13 Å². The molecular formula is C28H29N5OS. The minimum Gasteiger partial charge on any atom is -0.342 e. The van der Waals surface area contributed by atoms with Crippen molar-refractivity contribution in [3.05, 3.63) is 100 Å². The summed E-state index contributed by atoms with van der Waals surface area (Å²) < 4.78 is 0. The zero-order chi connectivity index (χ0) is 24.0. The molecule has 0 unspecified atom stereocenters. The van der Waals surface area contributed by atoms with E-state index in [4.69, 9.17) is 4.98 Å². The van der Waals surface area contributed by atoms with E-state index in [2.05, 4.69) is 39.6 Å². The van der Waals surface area contributed by atoms with Crippen molar-refractivity contribution in [2.75, 3.05) is 18.4 Å². The number of carbonyl (C=O) groups excluding carboxylic acids is 1. The molecule has 4 aromatic rings. The van der Waals surface area contributed by atoms with E-state index in [1.165, 1.54) is 10.4 Å². The molecule has 0 radical (unpaired) electrons. The minimum atomic E-state index is 0.179. The van der Waals surface area contributed by atoms with Gasteiger partial charge in [0.2, 0.25) is 5.91 Å². The van der Waals surface area contributed by atoms with Gasteiger partial charge in [-0.05, 0) is 30.9 Å². The highest BCUT2D eigenvalue weighted by molar-refractivity contribution is 7.15.